The summed E-state index contributed by atoms with van der Waals surface area (Å²) in [6.45, 7) is 5.56. The van der Waals surface area contributed by atoms with Crippen LogP contribution in [0.1, 0.15) is 46.0 Å². The maximum Gasteiger partial charge on any atom is 0.275 e. The number of phenolic OH excluding ortho intramolecular Hbond substituents is 1. The third-order valence-corrected chi connectivity index (χ3v) is 5.13. The van der Waals surface area contributed by atoms with Gasteiger partial charge in [-0.3, -0.25) is 9.59 Å². The van der Waals surface area contributed by atoms with Crippen LogP contribution in [0.2, 0.25) is 0 Å². The van der Waals surface area contributed by atoms with Crippen molar-refractivity contribution in [2.45, 2.75) is 27.2 Å². The van der Waals surface area contributed by atoms with E-state index in [4.69, 9.17) is 0 Å². The highest BCUT2D eigenvalue weighted by atomic mass is 16.3. The number of phenols is 1. The molecule has 4 rings (SSSR count). The highest BCUT2D eigenvalue weighted by molar-refractivity contribution is 6.49. The number of carbonyl (C=O) groups excluding carboxylic acids is 2. The van der Waals surface area contributed by atoms with E-state index >= 15 is 0 Å². The third-order valence-electron chi connectivity index (χ3n) is 5.13. The Morgan fingerprint density at radius 2 is 1.93 bits per heavy atom. The molecule has 0 radical (unpaired) electrons. The number of benzene rings is 1. The van der Waals surface area contributed by atoms with Gasteiger partial charge >= 0.3 is 0 Å². The lowest BCUT2D eigenvalue weighted by molar-refractivity contribution is 0.0951. The van der Waals surface area contributed by atoms with Crippen molar-refractivity contribution < 1.29 is 14.7 Å². The summed E-state index contributed by atoms with van der Waals surface area (Å²) in [6.07, 6.45) is 2.17. The molecule has 0 aliphatic heterocycles. The van der Waals surface area contributed by atoms with Crippen LogP contribution in [0, 0.1) is 12.3 Å². The van der Waals surface area contributed by atoms with Crippen LogP contribution in [0.25, 0.3) is 5.82 Å². The minimum absolute atomic E-state index is 0.0859. The second-order valence-corrected chi connectivity index (χ2v) is 7.82. The Labute approximate surface area is 173 Å². The number of aryl methyl sites for hydroxylation is 1. The van der Waals surface area contributed by atoms with Crippen molar-refractivity contribution >= 4 is 17.4 Å². The van der Waals surface area contributed by atoms with Gasteiger partial charge in [0.2, 0.25) is 5.78 Å². The average Bonchev–Trinajstić information content (AvgIpc) is 3.03. The Hall–Kier alpha value is -3.81. The number of Topliss-reactive ketones (excluding diaryl/α,β-unsaturated/α-hetero) is 1. The van der Waals surface area contributed by atoms with Gasteiger partial charge < -0.3 is 5.11 Å². The van der Waals surface area contributed by atoms with Crippen LogP contribution in [0.4, 0.5) is 0 Å². The molecule has 0 fully saturated rings. The van der Waals surface area contributed by atoms with Crippen LogP contribution in [-0.4, -0.2) is 37.3 Å². The number of hydrogen-bond acceptors (Lipinski definition) is 6. The highest BCUT2D eigenvalue weighted by Gasteiger charge is 2.42. The van der Waals surface area contributed by atoms with Gasteiger partial charge in [0, 0.05) is 18.0 Å². The number of carbonyl (C=O) groups is 2. The molecule has 2 N–H and O–H groups in total. The molecule has 0 bridgehead atoms. The Morgan fingerprint density at radius 3 is 2.63 bits per heavy atom. The molecule has 0 atom stereocenters. The number of fused-ring (bicyclic) bond motifs is 1. The lowest BCUT2D eigenvalue weighted by atomic mass is 9.74. The number of hydrazone groups is 1. The van der Waals surface area contributed by atoms with Crippen molar-refractivity contribution in [3.8, 4) is 11.6 Å². The van der Waals surface area contributed by atoms with E-state index in [0.29, 0.717) is 23.5 Å². The van der Waals surface area contributed by atoms with Gasteiger partial charge in [-0.2, -0.15) is 10.2 Å². The van der Waals surface area contributed by atoms with Crippen LogP contribution in [0.5, 0.6) is 5.75 Å². The fraction of sp³-hybridized carbons (Fsp3) is 0.227. The molecule has 0 unspecified atom stereocenters. The normalized spacial score (nSPS) is 16.4. The maximum atomic E-state index is 13.3. The number of aromatic hydroxyl groups is 1. The van der Waals surface area contributed by atoms with Crippen molar-refractivity contribution in [3.63, 3.8) is 0 Å². The van der Waals surface area contributed by atoms with E-state index in [1.165, 1.54) is 12.1 Å². The quantitative estimate of drug-likeness (QED) is 0.654. The lowest BCUT2D eigenvalue weighted by Crippen LogP contribution is -2.41. The zero-order valence-electron chi connectivity index (χ0n) is 16.9. The Bertz CT molecular complexity index is 1180. The van der Waals surface area contributed by atoms with Gasteiger partial charge in [0.15, 0.2) is 5.82 Å². The van der Waals surface area contributed by atoms with Crippen molar-refractivity contribution in [3.05, 3.63) is 71.2 Å². The lowest BCUT2D eigenvalue weighted by Gasteiger charge is -2.30. The summed E-state index contributed by atoms with van der Waals surface area (Å²) in [5.41, 5.74) is 3.93. The molecule has 152 valence electrons. The number of nitrogens with one attached hydrogen (secondary N) is 1. The predicted octanol–water partition coefficient (Wildman–Crippen LogP) is 2.83. The number of pyridine rings is 1. The standard InChI is InChI=1S/C22H21N5O3/c1-13-18-15(27(26-13)17-10-6-7-11-23-17)12-22(2,3)20(19(18)29)24-25-21(30)14-8-4-5-9-16(14)28/h4-11,28H,12H2,1-3H3,(H,25,30)/b24-20-. The summed E-state index contributed by atoms with van der Waals surface area (Å²) in [7, 11) is 0. The van der Waals surface area contributed by atoms with Gasteiger partial charge in [0.05, 0.1) is 22.5 Å². The molecule has 2 heterocycles. The first kappa shape index (κ1) is 19.5. The van der Waals surface area contributed by atoms with Crippen LogP contribution in [-0.2, 0) is 6.42 Å². The van der Waals surface area contributed by atoms with Gasteiger partial charge in [-0.15, -0.1) is 0 Å². The molecule has 2 aromatic heterocycles. The van der Waals surface area contributed by atoms with E-state index in [-0.39, 0.29) is 22.8 Å². The smallest absolute Gasteiger partial charge is 0.275 e. The molecule has 1 aromatic carbocycles. The number of amides is 1. The number of ketones is 1. The summed E-state index contributed by atoms with van der Waals surface area (Å²) in [5.74, 6) is -0.382. The molecule has 1 aliphatic carbocycles. The van der Waals surface area contributed by atoms with Gasteiger partial charge in [0.25, 0.3) is 5.91 Å². The number of nitrogens with zero attached hydrogens (tertiary/aromatic N) is 4. The molecule has 8 nitrogen and oxygen atoms in total. The van der Waals surface area contributed by atoms with Crippen LogP contribution < -0.4 is 5.43 Å². The van der Waals surface area contributed by atoms with E-state index in [1.54, 1.807) is 29.9 Å². The second kappa shape index (κ2) is 7.22. The fourth-order valence-corrected chi connectivity index (χ4v) is 3.66. The van der Waals surface area contributed by atoms with Crippen LogP contribution in [0.3, 0.4) is 0 Å². The van der Waals surface area contributed by atoms with E-state index in [1.807, 2.05) is 32.0 Å². The van der Waals surface area contributed by atoms with Crippen LogP contribution in [0.15, 0.2) is 53.8 Å². The molecular weight excluding hydrogens is 382 g/mol. The number of para-hydroxylation sites is 1. The summed E-state index contributed by atoms with van der Waals surface area (Å²) >= 11 is 0. The van der Waals surface area contributed by atoms with Crippen LogP contribution >= 0.6 is 0 Å². The van der Waals surface area contributed by atoms with Gasteiger partial charge in [0.1, 0.15) is 11.5 Å². The first-order valence-corrected chi connectivity index (χ1v) is 9.50. The molecule has 0 spiro atoms. The number of rotatable bonds is 3. The van der Waals surface area contributed by atoms with E-state index < -0.39 is 11.3 Å². The monoisotopic (exact) mass is 403 g/mol. The summed E-state index contributed by atoms with van der Waals surface area (Å²) in [6, 6.07) is 11.7. The minimum Gasteiger partial charge on any atom is -0.507 e. The zero-order valence-corrected chi connectivity index (χ0v) is 16.9. The molecule has 30 heavy (non-hydrogen) atoms. The summed E-state index contributed by atoms with van der Waals surface area (Å²) in [4.78, 5) is 30.1. The van der Waals surface area contributed by atoms with E-state index in [0.717, 1.165) is 5.69 Å². The molecule has 8 heteroatoms. The van der Waals surface area contributed by atoms with Crippen molar-refractivity contribution in [1.29, 1.82) is 0 Å². The van der Waals surface area contributed by atoms with Crippen molar-refractivity contribution in [1.82, 2.24) is 20.2 Å². The zero-order chi connectivity index (χ0) is 21.5. The average molecular weight is 403 g/mol. The first-order valence-electron chi connectivity index (χ1n) is 9.50. The molecule has 0 saturated carbocycles. The number of aromatic nitrogens is 3. The minimum atomic E-state index is -0.644. The Balaban J connectivity index is 1.71. The Kier molecular flexibility index (Phi) is 4.69. The SMILES string of the molecule is Cc1nn(-c2ccccn2)c2c1C(=O)/C(=N/NC(=O)c1ccccc1O)C(C)(C)C2. The number of hydrogen-bond donors (Lipinski definition) is 2. The topological polar surface area (TPSA) is 109 Å². The van der Waals surface area contributed by atoms with Gasteiger partial charge in [-0.1, -0.05) is 32.0 Å². The van der Waals surface area contributed by atoms with E-state index in [2.05, 4.69) is 20.6 Å². The van der Waals surface area contributed by atoms with Gasteiger partial charge in [-0.25, -0.2) is 15.1 Å². The highest BCUT2D eigenvalue weighted by Crippen LogP contribution is 2.35. The van der Waals surface area contributed by atoms with E-state index in [9.17, 15) is 14.7 Å². The summed E-state index contributed by atoms with van der Waals surface area (Å²) in [5, 5.41) is 18.5. The van der Waals surface area contributed by atoms with Crippen molar-refractivity contribution in [2.75, 3.05) is 0 Å². The van der Waals surface area contributed by atoms with Gasteiger partial charge in [-0.05, 0) is 31.2 Å². The predicted molar refractivity (Wildman–Crippen MR) is 111 cm³/mol. The molecule has 3 aromatic rings. The third kappa shape index (κ3) is 3.26. The fourth-order valence-electron chi connectivity index (χ4n) is 3.66. The Morgan fingerprint density at radius 1 is 1.20 bits per heavy atom. The molecule has 1 amide bonds. The molecule has 1 aliphatic rings. The molecular formula is C22H21N5O3. The summed E-state index contributed by atoms with van der Waals surface area (Å²) < 4.78 is 1.70. The second-order valence-electron chi connectivity index (χ2n) is 7.82. The maximum absolute atomic E-state index is 13.3. The molecule has 0 saturated heterocycles. The largest absolute Gasteiger partial charge is 0.507 e. The van der Waals surface area contributed by atoms with Crippen molar-refractivity contribution in [2.24, 2.45) is 10.5 Å². The first-order chi connectivity index (χ1) is 14.3.